The van der Waals surface area contributed by atoms with Gasteiger partial charge < -0.3 is 9.32 Å². The third kappa shape index (κ3) is 4.84. The second-order valence-electron chi connectivity index (χ2n) is 7.05. The highest BCUT2D eigenvalue weighted by Gasteiger charge is 2.28. The maximum absolute atomic E-state index is 12.4. The Labute approximate surface area is 182 Å². The molecule has 2 aromatic rings. The van der Waals surface area contributed by atoms with Gasteiger partial charge in [-0.3, -0.25) is 19.8 Å². The van der Waals surface area contributed by atoms with Crippen LogP contribution in [0.15, 0.2) is 50.7 Å². The standard InChI is InChI=1S/C21H19N5O4S/c22-8-1-9-24-10-12-25(13-11-24)21-23-20(27)19(31-21)14-17-6-7-18(30-17)15-2-4-16(5-3-15)26(28)29/h2-7,14H,1,9-13H2. The zero-order valence-corrected chi connectivity index (χ0v) is 17.4. The molecule has 1 aromatic carbocycles. The summed E-state index contributed by atoms with van der Waals surface area (Å²) in [5, 5.41) is 20.2. The Hall–Kier alpha value is -3.42. The number of benzene rings is 1. The van der Waals surface area contributed by atoms with Crippen molar-refractivity contribution in [3.05, 3.63) is 57.2 Å². The molecule has 0 unspecified atom stereocenters. The Morgan fingerprint density at radius 2 is 1.94 bits per heavy atom. The molecule has 1 aromatic heterocycles. The van der Waals surface area contributed by atoms with Gasteiger partial charge >= 0.3 is 0 Å². The molecule has 31 heavy (non-hydrogen) atoms. The zero-order chi connectivity index (χ0) is 21.8. The van der Waals surface area contributed by atoms with Gasteiger partial charge in [-0.25, -0.2) is 0 Å². The predicted molar refractivity (Wildman–Crippen MR) is 117 cm³/mol. The number of non-ortho nitro benzene ring substituents is 1. The molecule has 4 rings (SSSR count). The molecule has 3 heterocycles. The quantitative estimate of drug-likeness (QED) is 0.397. The van der Waals surface area contributed by atoms with Gasteiger partial charge in [0.2, 0.25) is 0 Å². The van der Waals surface area contributed by atoms with Crippen molar-refractivity contribution in [1.82, 2.24) is 9.80 Å². The molecular weight excluding hydrogens is 418 g/mol. The predicted octanol–water partition coefficient (Wildman–Crippen LogP) is 3.36. The summed E-state index contributed by atoms with van der Waals surface area (Å²) in [4.78, 5) is 31.7. The first-order valence-electron chi connectivity index (χ1n) is 9.75. The lowest BCUT2D eigenvalue weighted by atomic mass is 10.1. The van der Waals surface area contributed by atoms with E-state index < -0.39 is 4.92 Å². The molecule has 0 atom stereocenters. The van der Waals surface area contributed by atoms with Gasteiger partial charge in [0.25, 0.3) is 11.6 Å². The number of hydrogen-bond acceptors (Lipinski definition) is 8. The van der Waals surface area contributed by atoms with Crippen molar-refractivity contribution in [2.24, 2.45) is 4.99 Å². The van der Waals surface area contributed by atoms with Crippen LogP contribution in [-0.4, -0.2) is 58.5 Å². The average Bonchev–Trinajstić information content (AvgIpc) is 3.40. The largest absolute Gasteiger partial charge is 0.457 e. The number of nitro groups is 1. The third-order valence-corrected chi connectivity index (χ3v) is 6.10. The van der Waals surface area contributed by atoms with Gasteiger partial charge in [-0.15, -0.1) is 0 Å². The normalized spacial score (nSPS) is 18.3. The lowest BCUT2D eigenvalue weighted by Crippen LogP contribution is -2.47. The van der Waals surface area contributed by atoms with Crippen LogP contribution in [-0.2, 0) is 4.79 Å². The summed E-state index contributed by atoms with van der Waals surface area (Å²) in [5.74, 6) is 0.786. The molecule has 1 fully saturated rings. The molecule has 2 aliphatic heterocycles. The number of aliphatic imine (C=N–C) groups is 1. The number of carbonyl (C=O) groups is 1. The lowest BCUT2D eigenvalue weighted by molar-refractivity contribution is -0.384. The summed E-state index contributed by atoms with van der Waals surface area (Å²) in [6.07, 6.45) is 2.19. The second kappa shape index (κ2) is 9.16. The number of thioether (sulfide) groups is 1. The Balaban J connectivity index is 1.39. The van der Waals surface area contributed by atoms with Crippen LogP contribution >= 0.6 is 11.8 Å². The number of carbonyl (C=O) groups excluding carboxylic acids is 1. The topological polar surface area (TPSA) is 116 Å². The van der Waals surface area contributed by atoms with Gasteiger partial charge in [0.15, 0.2) is 5.17 Å². The van der Waals surface area contributed by atoms with E-state index in [9.17, 15) is 14.9 Å². The fraction of sp³-hybridized carbons (Fsp3) is 0.286. The van der Waals surface area contributed by atoms with Gasteiger partial charge in [0.05, 0.1) is 15.9 Å². The number of amidine groups is 1. The Morgan fingerprint density at radius 1 is 1.19 bits per heavy atom. The van der Waals surface area contributed by atoms with Crippen molar-refractivity contribution in [3.63, 3.8) is 0 Å². The van der Waals surface area contributed by atoms with Gasteiger partial charge in [-0.2, -0.15) is 10.3 Å². The number of furan rings is 1. The summed E-state index contributed by atoms with van der Waals surface area (Å²) in [5.41, 5.74) is 0.730. The van der Waals surface area contributed by atoms with E-state index in [1.807, 2.05) is 0 Å². The molecule has 0 spiro atoms. The Bertz CT molecular complexity index is 1090. The molecule has 1 amide bonds. The number of nitro benzene ring substituents is 1. The van der Waals surface area contributed by atoms with E-state index in [1.54, 1.807) is 30.3 Å². The van der Waals surface area contributed by atoms with Crippen LogP contribution < -0.4 is 0 Å². The molecule has 9 nitrogen and oxygen atoms in total. The first-order valence-corrected chi connectivity index (χ1v) is 10.6. The van der Waals surface area contributed by atoms with Gasteiger partial charge in [0.1, 0.15) is 11.5 Å². The van der Waals surface area contributed by atoms with Crippen molar-refractivity contribution >= 4 is 34.6 Å². The van der Waals surface area contributed by atoms with Crippen LogP contribution in [0, 0.1) is 21.4 Å². The van der Waals surface area contributed by atoms with E-state index in [0.29, 0.717) is 33.6 Å². The summed E-state index contributed by atoms with van der Waals surface area (Å²) in [6.45, 7) is 3.98. The van der Waals surface area contributed by atoms with E-state index >= 15 is 0 Å². The summed E-state index contributed by atoms with van der Waals surface area (Å²) in [7, 11) is 0. The molecule has 10 heteroatoms. The fourth-order valence-corrected chi connectivity index (χ4v) is 4.31. The Kier molecular flexibility index (Phi) is 6.16. The van der Waals surface area contributed by atoms with Crippen LogP contribution in [0.3, 0.4) is 0 Å². The lowest BCUT2D eigenvalue weighted by Gasteiger charge is -2.34. The van der Waals surface area contributed by atoms with Crippen LogP contribution in [0.1, 0.15) is 12.2 Å². The molecule has 158 valence electrons. The molecule has 2 aliphatic rings. The smallest absolute Gasteiger partial charge is 0.286 e. The van der Waals surface area contributed by atoms with Crippen molar-refractivity contribution in [3.8, 4) is 17.4 Å². The molecule has 0 radical (unpaired) electrons. The summed E-state index contributed by atoms with van der Waals surface area (Å²) in [6, 6.07) is 11.8. The monoisotopic (exact) mass is 437 g/mol. The second-order valence-corrected chi connectivity index (χ2v) is 8.06. The van der Waals surface area contributed by atoms with Crippen molar-refractivity contribution in [2.75, 3.05) is 32.7 Å². The average molecular weight is 437 g/mol. The highest BCUT2D eigenvalue weighted by Crippen LogP contribution is 2.32. The highest BCUT2D eigenvalue weighted by molar-refractivity contribution is 8.18. The molecular formula is C21H19N5O4S. The van der Waals surface area contributed by atoms with E-state index in [-0.39, 0.29) is 11.6 Å². The molecule has 0 saturated carbocycles. The fourth-order valence-electron chi connectivity index (χ4n) is 3.37. The van der Waals surface area contributed by atoms with E-state index in [0.717, 1.165) is 32.7 Å². The van der Waals surface area contributed by atoms with Crippen molar-refractivity contribution in [1.29, 1.82) is 5.26 Å². The first-order chi connectivity index (χ1) is 15.0. The van der Waals surface area contributed by atoms with Gasteiger partial charge in [-0.05, 0) is 36.0 Å². The highest BCUT2D eigenvalue weighted by atomic mass is 32.2. The van der Waals surface area contributed by atoms with Crippen LogP contribution in [0.5, 0.6) is 0 Å². The minimum atomic E-state index is -0.450. The molecule has 1 saturated heterocycles. The van der Waals surface area contributed by atoms with Gasteiger partial charge in [0, 0.05) is 62.9 Å². The SMILES string of the molecule is N#CCCN1CCN(C2=NC(=O)C(=Cc3ccc(-c4ccc([N+](=O)[O-])cc4)o3)S2)CC1. The number of piperazine rings is 1. The Morgan fingerprint density at radius 3 is 2.61 bits per heavy atom. The summed E-state index contributed by atoms with van der Waals surface area (Å²) >= 11 is 1.33. The number of nitrogens with zero attached hydrogens (tertiary/aromatic N) is 5. The summed E-state index contributed by atoms with van der Waals surface area (Å²) < 4.78 is 5.80. The van der Waals surface area contributed by atoms with Crippen LogP contribution in [0.2, 0.25) is 0 Å². The zero-order valence-electron chi connectivity index (χ0n) is 16.6. The van der Waals surface area contributed by atoms with Crippen LogP contribution in [0.4, 0.5) is 5.69 Å². The third-order valence-electron chi connectivity index (χ3n) is 5.05. The number of rotatable bonds is 5. The van der Waals surface area contributed by atoms with E-state index in [2.05, 4.69) is 20.9 Å². The minimum Gasteiger partial charge on any atom is -0.457 e. The van der Waals surface area contributed by atoms with Crippen LogP contribution in [0.25, 0.3) is 17.4 Å². The van der Waals surface area contributed by atoms with E-state index in [4.69, 9.17) is 9.68 Å². The number of amides is 1. The minimum absolute atomic E-state index is 0.0150. The van der Waals surface area contributed by atoms with Crippen molar-refractivity contribution in [2.45, 2.75) is 6.42 Å². The number of nitriles is 1. The number of hydrogen-bond donors (Lipinski definition) is 0. The van der Waals surface area contributed by atoms with Crippen molar-refractivity contribution < 1.29 is 14.1 Å². The molecule has 0 aliphatic carbocycles. The maximum Gasteiger partial charge on any atom is 0.286 e. The maximum atomic E-state index is 12.4. The molecule has 0 bridgehead atoms. The first kappa shape index (κ1) is 20.8. The van der Waals surface area contributed by atoms with E-state index in [1.165, 1.54) is 23.9 Å². The van der Waals surface area contributed by atoms with Gasteiger partial charge in [-0.1, -0.05) is 0 Å². The molecule has 0 N–H and O–H groups in total.